The third kappa shape index (κ3) is 3.01. The Kier molecular flexibility index (Phi) is 3.97. The largest absolute Gasteiger partial charge is 0.457 e. The van der Waals surface area contributed by atoms with Gasteiger partial charge in [0.05, 0.1) is 5.56 Å². The number of para-hydroxylation sites is 1. The number of hydrogen-bond donors (Lipinski definition) is 4. The van der Waals surface area contributed by atoms with E-state index in [1.54, 1.807) is 7.05 Å². The molecule has 0 aliphatic carbocycles. The number of hydrogen-bond acceptors (Lipinski definition) is 4. The summed E-state index contributed by atoms with van der Waals surface area (Å²) in [4.78, 5) is 0. The maximum atomic E-state index is 7.73. The second kappa shape index (κ2) is 6.23. The molecular weight excluding hydrogens is 290 g/mol. The summed E-state index contributed by atoms with van der Waals surface area (Å²) < 4.78 is 5.77. The fraction of sp³-hybridized carbons (Fsp3) is 0.0588. The molecule has 3 aromatic rings. The van der Waals surface area contributed by atoms with Gasteiger partial charge in [0.2, 0.25) is 0 Å². The quantitative estimate of drug-likeness (QED) is 0.429. The Morgan fingerprint density at radius 3 is 2.35 bits per heavy atom. The highest BCUT2D eigenvalue weighted by atomic mass is 16.5. The lowest BCUT2D eigenvalue weighted by Gasteiger charge is -2.07. The molecule has 1 aromatic heterocycles. The number of ether oxygens (including phenoxy) is 1. The molecule has 0 radical (unpaired) electrons. The Morgan fingerprint density at radius 2 is 1.74 bits per heavy atom. The Hall–Kier alpha value is -3.28. The summed E-state index contributed by atoms with van der Waals surface area (Å²) in [6.07, 6.45) is 0. The van der Waals surface area contributed by atoms with Crippen LogP contribution in [0.1, 0.15) is 5.56 Å². The van der Waals surface area contributed by atoms with Crippen molar-refractivity contribution in [3.05, 3.63) is 60.2 Å². The van der Waals surface area contributed by atoms with E-state index in [2.05, 4.69) is 15.5 Å². The molecule has 6 nitrogen and oxygen atoms in total. The van der Waals surface area contributed by atoms with Crippen molar-refractivity contribution in [3.63, 3.8) is 0 Å². The molecule has 0 spiro atoms. The summed E-state index contributed by atoms with van der Waals surface area (Å²) in [6, 6.07) is 17.1. The molecule has 0 saturated heterocycles. The molecule has 0 aliphatic heterocycles. The number of nitrogens with one attached hydrogen (secondary N) is 3. The molecular formula is C17H17N5O. The summed E-state index contributed by atoms with van der Waals surface area (Å²) in [6.45, 7) is 0. The smallest absolute Gasteiger partial charge is 0.132 e. The first-order valence-corrected chi connectivity index (χ1v) is 7.13. The fourth-order valence-corrected chi connectivity index (χ4v) is 2.30. The average molecular weight is 307 g/mol. The summed E-state index contributed by atoms with van der Waals surface area (Å²) in [5.41, 5.74) is 7.71. The molecule has 2 aromatic carbocycles. The van der Waals surface area contributed by atoms with Crippen LogP contribution < -0.4 is 15.8 Å². The lowest BCUT2D eigenvalue weighted by atomic mass is 10.1. The molecule has 0 fully saturated rings. The monoisotopic (exact) mass is 307 g/mol. The first-order valence-electron chi connectivity index (χ1n) is 7.13. The van der Waals surface area contributed by atoms with Gasteiger partial charge in [-0.2, -0.15) is 5.10 Å². The minimum Gasteiger partial charge on any atom is -0.457 e. The van der Waals surface area contributed by atoms with Crippen LogP contribution in [0.3, 0.4) is 0 Å². The van der Waals surface area contributed by atoms with E-state index in [1.165, 1.54) is 0 Å². The van der Waals surface area contributed by atoms with E-state index in [0.717, 1.165) is 17.1 Å². The van der Waals surface area contributed by atoms with Gasteiger partial charge >= 0.3 is 0 Å². The number of nitrogen functional groups attached to an aromatic ring is 1. The summed E-state index contributed by atoms with van der Waals surface area (Å²) in [5.74, 6) is 2.09. The molecule has 0 bridgehead atoms. The van der Waals surface area contributed by atoms with Gasteiger partial charge in [0.25, 0.3) is 0 Å². The lowest BCUT2D eigenvalue weighted by molar-refractivity contribution is 0.483. The van der Waals surface area contributed by atoms with E-state index in [9.17, 15) is 0 Å². The second-order valence-corrected chi connectivity index (χ2v) is 4.93. The number of rotatable bonds is 5. The van der Waals surface area contributed by atoms with Gasteiger partial charge < -0.3 is 15.8 Å². The van der Waals surface area contributed by atoms with Crippen LogP contribution in [0.25, 0.3) is 11.3 Å². The SMILES string of the molecule is CNc1[nH]nc(-c2ccc(Oc3ccccc3)cc2)c1C(=N)N. The van der Waals surface area contributed by atoms with Crippen LogP contribution >= 0.6 is 0 Å². The van der Waals surface area contributed by atoms with Crippen LogP contribution in [0.5, 0.6) is 11.5 Å². The van der Waals surface area contributed by atoms with Gasteiger partial charge in [-0.1, -0.05) is 18.2 Å². The number of nitrogens with two attached hydrogens (primary N) is 1. The summed E-state index contributed by atoms with van der Waals surface area (Å²) in [5, 5.41) is 17.8. The first kappa shape index (κ1) is 14.6. The zero-order valence-electron chi connectivity index (χ0n) is 12.6. The van der Waals surface area contributed by atoms with E-state index in [0.29, 0.717) is 17.1 Å². The Labute approximate surface area is 133 Å². The van der Waals surface area contributed by atoms with E-state index in [1.807, 2.05) is 54.6 Å². The van der Waals surface area contributed by atoms with Gasteiger partial charge in [-0.15, -0.1) is 0 Å². The topological polar surface area (TPSA) is 99.8 Å². The third-order valence-corrected chi connectivity index (χ3v) is 3.39. The molecule has 0 aliphatic rings. The van der Waals surface area contributed by atoms with Crippen molar-refractivity contribution in [3.8, 4) is 22.8 Å². The summed E-state index contributed by atoms with van der Waals surface area (Å²) >= 11 is 0. The van der Waals surface area contributed by atoms with Crippen molar-refractivity contribution in [1.82, 2.24) is 10.2 Å². The maximum Gasteiger partial charge on any atom is 0.132 e. The lowest BCUT2D eigenvalue weighted by Crippen LogP contribution is -2.13. The zero-order chi connectivity index (χ0) is 16.2. The van der Waals surface area contributed by atoms with Crippen molar-refractivity contribution in [2.24, 2.45) is 5.73 Å². The second-order valence-electron chi connectivity index (χ2n) is 4.93. The van der Waals surface area contributed by atoms with Crippen LogP contribution in [0, 0.1) is 5.41 Å². The van der Waals surface area contributed by atoms with E-state index >= 15 is 0 Å². The van der Waals surface area contributed by atoms with Gasteiger partial charge in [-0.3, -0.25) is 10.5 Å². The molecule has 116 valence electrons. The number of amidine groups is 1. The third-order valence-electron chi connectivity index (χ3n) is 3.39. The van der Waals surface area contributed by atoms with Crippen molar-refractivity contribution in [2.75, 3.05) is 12.4 Å². The molecule has 3 rings (SSSR count). The Morgan fingerprint density at radius 1 is 1.09 bits per heavy atom. The highest BCUT2D eigenvalue weighted by molar-refractivity contribution is 6.05. The number of aromatic amines is 1. The van der Waals surface area contributed by atoms with Gasteiger partial charge in [-0.05, 0) is 36.4 Å². The van der Waals surface area contributed by atoms with Crippen LogP contribution in [-0.2, 0) is 0 Å². The van der Waals surface area contributed by atoms with Gasteiger partial charge in [0, 0.05) is 12.6 Å². The average Bonchev–Trinajstić information content (AvgIpc) is 3.01. The Balaban J connectivity index is 1.88. The first-order chi connectivity index (χ1) is 11.2. The highest BCUT2D eigenvalue weighted by Crippen LogP contribution is 2.29. The number of nitrogens with zero attached hydrogens (tertiary/aromatic N) is 1. The Bertz CT molecular complexity index is 809. The normalized spacial score (nSPS) is 10.3. The summed E-state index contributed by atoms with van der Waals surface area (Å²) in [7, 11) is 1.75. The zero-order valence-corrected chi connectivity index (χ0v) is 12.6. The molecule has 0 unspecified atom stereocenters. The molecule has 5 N–H and O–H groups in total. The minimum absolute atomic E-state index is 0.0392. The standard InChI is InChI=1S/C17H17N5O/c1-20-17-14(16(18)19)15(21-22-17)11-7-9-13(10-8-11)23-12-5-3-2-4-6-12/h2-10H,1H3,(H3,18,19)(H2,20,21,22). The molecule has 1 heterocycles. The van der Waals surface area contributed by atoms with Crippen LogP contribution in [-0.4, -0.2) is 23.1 Å². The van der Waals surface area contributed by atoms with E-state index < -0.39 is 0 Å². The van der Waals surface area contributed by atoms with E-state index in [-0.39, 0.29) is 5.84 Å². The van der Waals surface area contributed by atoms with Gasteiger partial charge in [0.1, 0.15) is 28.8 Å². The van der Waals surface area contributed by atoms with Crippen LogP contribution in [0.15, 0.2) is 54.6 Å². The maximum absolute atomic E-state index is 7.73. The van der Waals surface area contributed by atoms with Crippen LogP contribution in [0.4, 0.5) is 5.82 Å². The number of anilines is 1. The predicted octanol–water partition coefficient (Wildman–Crippen LogP) is 3.19. The number of benzene rings is 2. The van der Waals surface area contributed by atoms with Crippen molar-refractivity contribution in [2.45, 2.75) is 0 Å². The number of H-pyrrole nitrogens is 1. The molecule has 0 amide bonds. The predicted molar refractivity (Wildman–Crippen MR) is 91.1 cm³/mol. The van der Waals surface area contributed by atoms with E-state index in [4.69, 9.17) is 15.9 Å². The molecule has 23 heavy (non-hydrogen) atoms. The minimum atomic E-state index is -0.0392. The fourth-order valence-electron chi connectivity index (χ4n) is 2.30. The molecule has 0 atom stereocenters. The highest BCUT2D eigenvalue weighted by Gasteiger charge is 2.16. The van der Waals surface area contributed by atoms with Gasteiger partial charge in [0.15, 0.2) is 0 Å². The van der Waals surface area contributed by atoms with Crippen molar-refractivity contribution < 1.29 is 4.74 Å². The van der Waals surface area contributed by atoms with Gasteiger partial charge in [-0.25, -0.2) is 0 Å². The molecule has 0 saturated carbocycles. The molecule has 6 heteroatoms. The number of aromatic nitrogens is 2. The van der Waals surface area contributed by atoms with Crippen LogP contribution in [0.2, 0.25) is 0 Å². The van der Waals surface area contributed by atoms with Crippen molar-refractivity contribution >= 4 is 11.7 Å². The van der Waals surface area contributed by atoms with Crippen molar-refractivity contribution in [1.29, 1.82) is 5.41 Å².